The van der Waals surface area contributed by atoms with Crippen molar-refractivity contribution in [1.29, 1.82) is 0 Å². The number of benzene rings is 3. The Morgan fingerprint density at radius 3 is 2.03 bits per heavy atom. The highest BCUT2D eigenvalue weighted by Crippen LogP contribution is 2.34. The first kappa shape index (κ1) is 21.5. The predicted molar refractivity (Wildman–Crippen MR) is 121 cm³/mol. The molecule has 1 aliphatic rings. The second-order valence-electron chi connectivity index (χ2n) is 7.78. The van der Waals surface area contributed by atoms with Crippen molar-refractivity contribution in [3.8, 4) is 11.1 Å². The molecule has 32 heavy (non-hydrogen) atoms. The van der Waals surface area contributed by atoms with E-state index in [1.54, 1.807) is 36.4 Å². The Balaban J connectivity index is 1.39. The van der Waals surface area contributed by atoms with Gasteiger partial charge in [0.15, 0.2) is 0 Å². The van der Waals surface area contributed by atoms with Crippen LogP contribution < -0.4 is 0 Å². The van der Waals surface area contributed by atoms with Gasteiger partial charge in [-0.15, -0.1) is 0 Å². The molecule has 3 atom stereocenters. The summed E-state index contributed by atoms with van der Waals surface area (Å²) >= 11 is 0. The molecule has 0 saturated heterocycles. The minimum Gasteiger partial charge on any atom is -0.461 e. The second-order valence-corrected chi connectivity index (χ2v) is 7.78. The molecule has 5 nitrogen and oxygen atoms in total. The van der Waals surface area contributed by atoms with E-state index in [-0.39, 0.29) is 13.0 Å². The van der Waals surface area contributed by atoms with E-state index in [4.69, 9.17) is 9.47 Å². The van der Waals surface area contributed by atoms with Gasteiger partial charge in [0, 0.05) is 6.42 Å². The third-order valence-electron chi connectivity index (χ3n) is 5.70. The van der Waals surface area contributed by atoms with Crippen molar-refractivity contribution in [3.05, 3.63) is 108 Å². The first-order valence-corrected chi connectivity index (χ1v) is 10.5. The van der Waals surface area contributed by atoms with Crippen molar-refractivity contribution in [2.75, 3.05) is 6.61 Å². The van der Waals surface area contributed by atoms with Crippen molar-refractivity contribution < 1.29 is 24.2 Å². The predicted octanol–water partition coefficient (Wildman–Crippen LogP) is 4.67. The van der Waals surface area contributed by atoms with Crippen LogP contribution in [0.4, 0.5) is 0 Å². The number of aliphatic hydroxyl groups excluding tert-OH is 1. The minimum absolute atomic E-state index is 0.0259. The fourth-order valence-corrected chi connectivity index (χ4v) is 3.82. The summed E-state index contributed by atoms with van der Waals surface area (Å²) < 4.78 is 11.1. The van der Waals surface area contributed by atoms with E-state index in [0.29, 0.717) is 16.7 Å². The summed E-state index contributed by atoms with van der Waals surface area (Å²) in [4.78, 5) is 25.0. The van der Waals surface area contributed by atoms with Crippen LogP contribution in [0.15, 0.2) is 97.1 Å². The number of carbonyl (C=O) groups excluding carboxylic acids is 2. The zero-order chi connectivity index (χ0) is 22.5. The van der Waals surface area contributed by atoms with E-state index in [1.165, 1.54) is 0 Å². The van der Waals surface area contributed by atoms with Gasteiger partial charge in [0.1, 0.15) is 12.7 Å². The van der Waals surface area contributed by atoms with Crippen molar-refractivity contribution in [2.45, 2.75) is 18.6 Å². The van der Waals surface area contributed by atoms with E-state index in [1.807, 2.05) is 48.5 Å². The summed E-state index contributed by atoms with van der Waals surface area (Å²) in [6, 6.07) is 25.7. The second kappa shape index (κ2) is 9.62. The SMILES string of the molecule is C=C1[C@H](O)C[C@H](OC(=O)c2ccccc2)[C@H]1COC(=O)c1ccc(-c2ccccc2)cc1. The first-order valence-electron chi connectivity index (χ1n) is 10.5. The average Bonchev–Trinajstić information content (AvgIpc) is 3.10. The van der Waals surface area contributed by atoms with Crippen LogP contribution >= 0.6 is 0 Å². The van der Waals surface area contributed by atoms with Crippen LogP contribution in [0.25, 0.3) is 11.1 Å². The summed E-state index contributed by atoms with van der Waals surface area (Å²) in [6.45, 7) is 3.88. The van der Waals surface area contributed by atoms with Gasteiger partial charge in [-0.25, -0.2) is 9.59 Å². The number of rotatable bonds is 6. The normalized spacial score (nSPS) is 20.0. The Labute approximate surface area is 186 Å². The molecular weight excluding hydrogens is 404 g/mol. The van der Waals surface area contributed by atoms with Gasteiger partial charge in [0.25, 0.3) is 0 Å². The molecule has 1 N–H and O–H groups in total. The molecule has 0 aliphatic heterocycles. The molecule has 4 rings (SSSR count). The van der Waals surface area contributed by atoms with E-state index >= 15 is 0 Å². The number of hydrogen-bond acceptors (Lipinski definition) is 5. The van der Waals surface area contributed by atoms with Crippen LogP contribution in [0, 0.1) is 5.92 Å². The summed E-state index contributed by atoms with van der Waals surface area (Å²) in [6.07, 6.45) is -1.19. The molecule has 0 spiro atoms. The van der Waals surface area contributed by atoms with Crippen LogP contribution in [0.2, 0.25) is 0 Å². The zero-order valence-electron chi connectivity index (χ0n) is 17.5. The molecule has 0 heterocycles. The van der Waals surface area contributed by atoms with Crippen molar-refractivity contribution in [2.24, 2.45) is 5.92 Å². The maximum absolute atomic E-state index is 12.6. The number of aliphatic hydroxyl groups is 1. The smallest absolute Gasteiger partial charge is 0.338 e. The molecule has 0 radical (unpaired) electrons. The van der Waals surface area contributed by atoms with Crippen LogP contribution in [-0.4, -0.2) is 35.9 Å². The highest BCUT2D eigenvalue weighted by atomic mass is 16.6. The van der Waals surface area contributed by atoms with Crippen molar-refractivity contribution in [1.82, 2.24) is 0 Å². The van der Waals surface area contributed by atoms with Crippen molar-refractivity contribution in [3.63, 3.8) is 0 Å². The molecule has 3 aromatic carbocycles. The lowest BCUT2D eigenvalue weighted by molar-refractivity contribution is 0.00723. The number of esters is 2. The highest BCUT2D eigenvalue weighted by molar-refractivity contribution is 5.90. The fraction of sp³-hybridized carbons (Fsp3) is 0.185. The van der Waals surface area contributed by atoms with Crippen LogP contribution in [0.1, 0.15) is 27.1 Å². The Hall–Kier alpha value is -3.70. The minimum atomic E-state index is -0.808. The van der Waals surface area contributed by atoms with E-state index in [9.17, 15) is 14.7 Å². The quantitative estimate of drug-likeness (QED) is 0.456. The third-order valence-corrected chi connectivity index (χ3v) is 5.70. The van der Waals surface area contributed by atoms with Gasteiger partial charge in [0.05, 0.1) is 23.1 Å². The summed E-state index contributed by atoms with van der Waals surface area (Å²) in [5.74, 6) is -1.43. The molecule has 1 aliphatic carbocycles. The summed E-state index contributed by atoms with van der Waals surface area (Å²) in [7, 11) is 0. The lowest BCUT2D eigenvalue weighted by Gasteiger charge is -2.20. The van der Waals surface area contributed by atoms with Crippen LogP contribution in [-0.2, 0) is 9.47 Å². The van der Waals surface area contributed by atoms with Gasteiger partial charge >= 0.3 is 11.9 Å². The zero-order valence-corrected chi connectivity index (χ0v) is 17.5. The van der Waals surface area contributed by atoms with Crippen molar-refractivity contribution >= 4 is 11.9 Å². The first-order chi connectivity index (χ1) is 15.5. The van der Waals surface area contributed by atoms with E-state index in [0.717, 1.165) is 11.1 Å². The third kappa shape index (κ3) is 4.79. The van der Waals surface area contributed by atoms with E-state index in [2.05, 4.69) is 6.58 Å². The Bertz CT molecular complexity index is 1090. The number of hydrogen-bond donors (Lipinski definition) is 1. The molecule has 162 valence electrons. The van der Waals surface area contributed by atoms with Crippen LogP contribution in [0.3, 0.4) is 0 Å². The van der Waals surface area contributed by atoms with Gasteiger partial charge in [0.2, 0.25) is 0 Å². The Morgan fingerprint density at radius 1 is 0.812 bits per heavy atom. The number of ether oxygens (including phenoxy) is 2. The van der Waals surface area contributed by atoms with Gasteiger partial charge in [-0.3, -0.25) is 0 Å². The molecule has 1 saturated carbocycles. The molecule has 5 heteroatoms. The Morgan fingerprint density at radius 2 is 1.38 bits per heavy atom. The topological polar surface area (TPSA) is 72.8 Å². The maximum atomic E-state index is 12.6. The van der Waals surface area contributed by atoms with Crippen LogP contribution in [0.5, 0.6) is 0 Å². The fourth-order valence-electron chi connectivity index (χ4n) is 3.82. The molecule has 1 fully saturated rings. The molecule has 3 aromatic rings. The molecule has 0 bridgehead atoms. The molecule has 0 aromatic heterocycles. The van der Waals surface area contributed by atoms with E-state index < -0.39 is 30.1 Å². The number of carbonyl (C=O) groups is 2. The monoisotopic (exact) mass is 428 g/mol. The molecule has 0 amide bonds. The van der Waals surface area contributed by atoms with Gasteiger partial charge in [-0.05, 0) is 41.0 Å². The highest BCUT2D eigenvalue weighted by Gasteiger charge is 2.40. The van der Waals surface area contributed by atoms with Gasteiger partial charge in [-0.1, -0.05) is 67.2 Å². The lowest BCUT2D eigenvalue weighted by Crippen LogP contribution is -2.27. The Kier molecular flexibility index (Phi) is 6.47. The average molecular weight is 428 g/mol. The van der Waals surface area contributed by atoms with Gasteiger partial charge in [-0.2, -0.15) is 0 Å². The molecule has 0 unspecified atom stereocenters. The standard InChI is InChI=1S/C27H24O5/c1-18-23(25(16-24(18)28)32-27(30)21-10-6-3-7-11-21)17-31-26(29)22-14-12-20(13-15-22)19-8-4-2-5-9-19/h2-15,23-25,28H,1,16-17H2/t23-,24+,25-/m0/s1. The maximum Gasteiger partial charge on any atom is 0.338 e. The van der Waals surface area contributed by atoms with Gasteiger partial charge < -0.3 is 14.6 Å². The summed E-state index contributed by atoms with van der Waals surface area (Å²) in [5.41, 5.74) is 3.41. The largest absolute Gasteiger partial charge is 0.461 e. The lowest BCUT2D eigenvalue weighted by atomic mass is 10.0. The molecular formula is C27H24O5. The summed E-state index contributed by atoms with van der Waals surface area (Å²) in [5, 5.41) is 10.2.